The topological polar surface area (TPSA) is 31.4 Å². The van der Waals surface area contributed by atoms with Gasteiger partial charge in [-0.3, -0.25) is 0 Å². The molecule has 5 heteroatoms. The van der Waals surface area contributed by atoms with Crippen LogP contribution in [-0.2, 0) is 6.54 Å². The fourth-order valence-corrected chi connectivity index (χ4v) is 3.46. The molecule has 0 fully saturated rings. The van der Waals surface area contributed by atoms with Gasteiger partial charge < -0.3 is 15.1 Å². The molecule has 0 saturated heterocycles. The number of nitrogens with zero attached hydrogens (tertiary/aromatic N) is 3. The van der Waals surface area contributed by atoms with Gasteiger partial charge in [-0.1, -0.05) is 19.1 Å². The molecule has 0 unspecified atom stereocenters. The van der Waals surface area contributed by atoms with Gasteiger partial charge in [0.2, 0.25) is 0 Å². The maximum atomic E-state index is 4.79. The van der Waals surface area contributed by atoms with Crippen molar-refractivity contribution >= 4 is 27.8 Å². The lowest BCUT2D eigenvalue weighted by atomic mass is 10.2. The summed E-state index contributed by atoms with van der Waals surface area (Å²) in [4.78, 5) is 9.44. The number of anilines is 3. The van der Waals surface area contributed by atoms with Crippen molar-refractivity contribution in [3.05, 3.63) is 35.3 Å². The quantitative estimate of drug-likeness (QED) is 0.859. The molecule has 0 aliphatic carbocycles. The number of hydrogen-bond acceptors (Lipinski definition) is 5. The van der Waals surface area contributed by atoms with Crippen LogP contribution in [0.25, 0.3) is 0 Å². The third-order valence-electron chi connectivity index (χ3n) is 3.75. The maximum Gasteiger partial charge on any atom is 0.190 e. The molecule has 2 heterocycles. The molecule has 112 valence electrons. The lowest BCUT2D eigenvalue weighted by Crippen LogP contribution is -2.36. The van der Waals surface area contributed by atoms with Gasteiger partial charge >= 0.3 is 0 Å². The minimum Gasteiger partial charge on any atom is -0.371 e. The van der Waals surface area contributed by atoms with Gasteiger partial charge in [0.05, 0.1) is 17.1 Å². The molecule has 0 saturated carbocycles. The molecule has 0 radical (unpaired) electrons. The average molecular weight is 302 g/mol. The fraction of sp³-hybridized carbons (Fsp3) is 0.438. The number of nitrogens with one attached hydrogen (secondary N) is 1. The molecule has 1 aromatic carbocycles. The Balaban J connectivity index is 1.80. The molecule has 0 bridgehead atoms. The van der Waals surface area contributed by atoms with E-state index in [-0.39, 0.29) is 0 Å². The first kappa shape index (κ1) is 14.4. The normalized spacial score (nSPS) is 14.4. The number of thiazole rings is 1. The largest absolute Gasteiger partial charge is 0.371 e. The molecule has 4 nitrogen and oxygen atoms in total. The van der Waals surface area contributed by atoms with Gasteiger partial charge in [0.25, 0.3) is 0 Å². The number of aromatic nitrogens is 1. The van der Waals surface area contributed by atoms with E-state index in [1.807, 2.05) is 0 Å². The van der Waals surface area contributed by atoms with Gasteiger partial charge in [0.15, 0.2) is 5.13 Å². The van der Waals surface area contributed by atoms with Crippen molar-refractivity contribution < 1.29 is 0 Å². The second kappa shape index (κ2) is 6.45. The van der Waals surface area contributed by atoms with Crippen molar-refractivity contribution in [1.29, 1.82) is 0 Å². The standard InChI is InChI=1S/C16H22N4S/c1-3-8-17-11-13-12-21-16(18-13)20-10-9-19(2)14-6-4-5-7-15(14)20/h4-7,12,17H,3,8-11H2,1-2H3. The molecule has 1 aromatic heterocycles. The number of hydrogen-bond donors (Lipinski definition) is 1. The summed E-state index contributed by atoms with van der Waals surface area (Å²) in [6, 6.07) is 8.56. The highest BCUT2D eigenvalue weighted by Gasteiger charge is 2.22. The van der Waals surface area contributed by atoms with E-state index in [0.29, 0.717) is 0 Å². The van der Waals surface area contributed by atoms with E-state index in [1.54, 1.807) is 11.3 Å². The van der Waals surface area contributed by atoms with Gasteiger partial charge in [-0.05, 0) is 25.1 Å². The van der Waals surface area contributed by atoms with E-state index in [2.05, 4.69) is 58.7 Å². The van der Waals surface area contributed by atoms with Crippen LogP contribution in [0.3, 0.4) is 0 Å². The Morgan fingerprint density at radius 1 is 1.24 bits per heavy atom. The molecule has 0 spiro atoms. The monoisotopic (exact) mass is 302 g/mol. The van der Waals surface area contributed by atoms with Crippen LogP contribution in [-0.4, -0.2) is 31.7 Å². The van der Waals surface area contributed by atoms with Crippen LogP contribution in [0.1, 0.15) is 19.0 Å². The van der Waals surface area contributed by atoms with E-state index in [9.17, 15) is 0 Å². The zero-order valence-electron chi connectivity index (χ0n) is 12.7. The molecular formula is C16H22N4S. The molecule has 2 aromatic rings. The van der Waals surface area contributed by atoms with Crippen molar-refractivity contribution in [2.24, 2.45) is 0 Å². The molecule has 21 heavy (non-hydrogen) atoms. The molecule has 3 rings (SSSR count). The summed E-state index contributed by atoms with van der Waals surface area (Å²) >= 11 is 1.74. The van der Waals surface area contributed by atoms with Crippen LogP contribution in [0.2, 0.25) is 0 Å². The zero-order chi connectivity index (χ0) is 14.7. The molecule has 1 aliphatic rings. The number of fused-ring (bicyclic) bond motifs is 1. The Hall–Kier alpha value is -1.59. The maximum absolute atomic E-state index is 4.79. The van der Waals surface area contributed by atoms with Crippen LogP contribution < -0.4 is 15.1 Å². The lowest BCUT2D eigenvalue weighted by molar-refractivity contribution is 0.666. The highest BCUT2D eigenvalue weighted by atomic mass is 32.1. The number of para-hydroxylation sites is 2. The van der Waals surface area contributed by atoms with E-state index in [1.165, 1.54) is 11.4 Å². The van der Waals surface area contributed by atoms with Crippen molar-refractivity contribution in [1.82, 2.24) is 10.3 Å². The van der Waals surface area contributed by atoms with E-state index < -0.39 is 0 Å². The molecule has 0 amide bonds. The predicted octanol–water partition coefficient (Wildman–Crippen LogP) is 3.23. The summed E-state index contributed by atoms with van der Waals surface area (Å²) < 4.78 is 0. The third kappa shape index (κ3) is 3.04. The Morgan fingerprint density at radius 2 is 2.05 bits per heavy atom. The van der Waals surface area contributed by atoms with Crippen molar-refractivity contribution in [2.45, 2.75) is 19.9 Å². The van der Waals surface area contributed by atoms with E-state index in [4.69, 9.17) is 4.98 Å². The van der Waals surface area contributed by atoms with Crippen LogP contribution in [0.5, 0.6) is 0 Å². The van der Waals surface area contributed by atoms with Crippen LogP contribution >= 0.6 is 11.3 Å². The molecular weight excluding hydrogens is 280 g/mol. The van der Waals surface area contributed by atoms with Gasteiger partial charge in [-0.2, -0.15) is 0 Å². The second-order valence-electron chi connectivity index (χ2n) is 5.36. The summed E-state index contributed by atoms with van der Waals surface area (Å²) in [5, 5.41) is 6.68. The lowest BCUT2D eigenvalue weighted by Gasteiger charge is -2.35. The zero-order valence-corrected chi connectivity index (χ0v) is 13.5. The van der Waals surface area contributed by atoms with Gasteiger partial charge in [-0.25, -0.2) is 4.98 Å². The first-order chi connectivity index (χ1) is 10.3. The highest BCUT2D eigenvalue weighted by molar-refractivity contribution is 7.13. The van der Waals surface area contributed by atoms with E-state index in [0.717, 1.165) is 43.4 Å². The SMILES string of the molecule is CCCNCc1csc(N2CCN(C)c3ccccc32)n1. The van der Waals surface area contributed by atoms with Crippen molar-refractivity contribution in [3.8, 4) is 0 Å². The molecule has 1 N–H and O–H groups in total. The minimum atomic E-state index is 0.861. The molecule has 0 atom stereocenters. The van der Waals surface area contributed by atoms with Crippen LogP contribution in [0.15, 0.2) is 29.6 Å². The number of rotatable bonds is 5. The number of likely N-dealkylation sites (N-methyl/N-ethyl adjacent to an activating group) is 1. The highest BCUT2D eigenvalue weighted by Crippen LogP contribution is 2.37. The Kier molecular flexibility index (Phi) is 4.41. The first-order valence-corrected chi connectivity index (χ1v) is 8.40. The van der Waals surface area contributed by atoms with E-state index >= 15 is 0 Å². The summed E-state index contributed by atoms with van der Waals surface area (Å²) in [6.45, 7) is 6.10. The summed E-state index contributed by atoms with van der Waals surface area (Å²) in [6.07, 6.45) is 1.16. The van der Waals surface area contributed by atoms with Crippen LogP contribution in [0, 0.1) is 0 Å². The Labute approximate surface area is 130 Å². The summed E-state index contributed by atoms with van der Waals surface area (Å²) in [7, 11) is 2.15. The first-order valence-electron chi connectivity index (χ1n) is 7.52. The van der Waals surface area contributed by atoms with Crippen molar-refractivity contribution in [2.75, 3.05) is 36.5 Å². The third-order valence-corrected chi connectivity index (χ3v) is 4.66. The number of benzene rings is 1. The fourth-order valence-electron chi connectivity index (χ4n) is 2.60. The Bertz CT molecular complexity index is 595. The molecule has 1 aliphatic heterocycles. The van der Waals surface area contributed by atoms with Gasteiger partial charge in [-0.15, -0.1) is 11.3 Å². The second-order valence-corrected chi connectivity index (χ2v) is 6.20. The average Bonchev–Trinajstić information content (AvgIpc) is 2.97. The predicted molar refractivity (Wildman–Crippen MR) is 90.8 cm³/mol. The van der Waals surface area contributed by atoms with Gasteiger partial charge in [0, 0.05) is 32.1 Å². The van der Waals surface area contributed by atoms with Crippen LogP contribution in [0.4, 0.5) is 16.5 Å². The van der Waals surface area contributed by atoms with Crippen molar-refractivity contribution in [3.63, 3.8) is 0 Å². The summed E-state index contributed by atoms with van der Waals surface area (Å²) in [5.41, 5.74) is 3.68. The Morgan fingerprint density at radius 3 is 2.86 bits per heavy atom. The minimum absolute atomic E-state index is 0.861. The smallest absolute Gasteiger partial charge is 0.190 e. The van der Waals surface area contributed by atoms with Gasteiger partial charge in [0.1, 0.15) is 0 Å². The summed E-state index contributed by atoms with van der Waals surface area (Å²) in [5.74, 6) is 0.